The average molecular weight is 516 g/mol. The van der Waals surface area contributed by atoms with Crippen LogP contribution in [0.25, 0.3) is 10.9 Å². The predicted molar refractivity (Wildman–Crippen MR) is 134 cm³/mol. The molecule has 0 bridgehead atoms. The van der Waals surface area contributed by atoms with Gasteiger partial charge >= 0.3 is 0 Å². The van der Waals surface area contributed by atoms with Crippen LogP contribution in [0.1, 0.15) is 12.8 Å². The molecule has 4 aromatic rings. The van der Waals surface area contributed by atoms with Crippen LogP contribution in [0.4, 0.5) is 15.8 Å². The van der Waals surface area contributed by atoms with E-state index in [4.69, 9.17) is 14.2 Å². The number of hydrogen-bond donors (Lipinski definition) is 3. The Balaban J connectivity index is 1.17. The zero-order chi connectivity index (χ0) is 26.3. The standard InChI is InChI=1S/C27H21FN4O6/c28-15-1-3-16(4-2-15)31-25(34)27(9-10-27)26(35)32-17-5-7-18(8-6-17)38-24-21-19(29-14-30-24)13-20(33)22-23(21)37-12-11-36-22/h1-8,13-14,33H,9-12H2,(H,31,34)(H,32,35). The van der Waals surface area contributed by atoms with Crippen LogP contribution in [0.2, 0.25) is 0 Å². The predicted octanol–water partition coefficient (Wildman–Crippen LogP) is 4.40. The van der Waals surface area contributed by atoms with Crippen LogP contribution in [0.15, 0.2) is 60.9 Å². The van der Waals surface area contributed by atoms with Gasteiger partial charge < -0.3 is 30.0 Å². The highest BCUT2D eigenvalue weighted by atomic mass is 19.1. The third-order valence-electron chi connectivity index (χ3n) is 6.41. The lowest BCUT2D eigenvalue weighted by atomic mass is 10.0. The molecule has 1 saturated carbocycles. The summed E-state index contributed by atoms with van der Waals surface area (Å²) in [4.78, 5) is 34.1. The van der Waals surface area contributed by atoms with E-state index < -0.39 is 23.0 Å². The summed E-state index contributed by atoms with van der Waals surface area (Å²) in [7, 11) is 0. The summed E-state index contributed by atoms with van der Waals surface area (Å²) in [6, 6.07) is 13.4. The lowest BCUT2D eigenvalue weighted by Gasteiger charge is -2.21. The van der Waals surface area contributed by atoms with Crippen molar-refractivity contribution < 1.29 is 33.3 Å². The van der Waals surface area contributed by atoms with Gasteiger partial charge in [-0.25, -0.2) is 14.4 Å². The topological polar surface area (TPSA) is 132 Å². The van der Waals surface area contributed by atoms with Gasteiger partial charge in [-0.2, -0.15) is 0 Å². The van der Waals surface area contributed by atoms with Crippen molar-refractivity contribution in [3.8, 4) is 28.9 Å². The smallest absolute Gasteiger partial charge is 0.240 e. The van der Waals surface area contributed by atoms with Gasteiger partial charge in [-0.1, -0.05) is 0 Å². The molecule has 10 nitrogen and oxygen atoms in total. The first-order valence-corrected chi connectivity index (χ1v) is 11.9. The van der Waals surface area contributed by atoms with Crippen molar-refractivity contribution >= 4 is 34.1 Å². The molecule has 6 rings (SSSR count). The number of aromatic nitrogens is 2. The number of halogens is 1. The molecular formula is C27H21FN4O6. The molecule has 1 aromatic heterocycles. The summed E-state index contributed by atoms with van der Waals surface area (Å²) in [5.74, 6) is -0.202. The van der Waals surface area contributed by atoms with E-state index in [1.165, 1.54) is 36.7 Å². The Morgan fingerprint density at radius 2 is 1.50 bits per heavy atom. The second-order valence-electron chi connectivity index (χ2n) is 8.95. The van der Waals surface area contributed by atoms with Gasteiger partial charge in [0, 0.05) is 17.4 Å². The number of ether oxygens (including phenoxy) is 3. The third-order valence-corrected chi connectivity index (χ3v) is 6.41. The summed E-state index contributed by atoms with van der Waals surface area (Å²) < 4.78 is 30.4. The molecule has 0 radical (unpaired) electrons. The fourth-order valence-corrected chi connectivity index (χ4v) is 4.21. The molecule has 11 heteroatoms. The number of amides is 2. The number of carbonyl (C=O) groups excluding carboxylic acids is 2. The number of hydrogen-bond acceptors (Lipinski definition) is 8. The first-order valence-electron chi connectivity index (χ1n) is 11.9. The molecule has 2 aliphatic rings. The number of benzene rings is 3. The molecule has 2 amide bonds. The molecule has 0 atom stereocenters. The van der Waals surface area contributed by atoms with E-state index in [2.05, 4.69) is 20.6 Å². The van der Waals surface area contributed by atoms with Gasteiger partial charge in [0.1, 0.15) is 41.9 Å². The van der Waals surface area contributed by atoms with Crippen LogP contribution in [0, 0.1) is 11.2 Å². The zero-order valence-electron chi connectivity index (χ0n) is 19.9. The second kappa shape index (κ2) is 9.18. The van der Waals surface area contributed by atoms with Crippen LogP contribution >= 0.6 is 0 Å². The average Bonchev–Trinajstić information content (AvgIpc) is 3.74. The Bertz CT molecular complexity index is 1560. The number of carbonyl (C=O) groups is 2. The van der Waals surface area contributed by atoms with E-state index in [0.29, 0.717) is 59.8 Å². The fraction of sp³-hybridized carbons (Fsp3) is 0.185. The lowest BCUT2D eigenvalue weighted by molar-refractivity contribution is -0.131. The minimum atomic E-state index is -1.17. The van der Waals surface area contributed by atoms with Crippen molar-refractivity contribution in [3.05, 3.63) is 66.7 Å². The molecule has 38 heavy (non-hydrogen) atoms. The molecule has 0 unspecified atom stereocenters. The maximum absolute atomic E-state index is 13.1. The first kappa shape index (κ1) is 23.5. The molecule has 2 heterocycles. The second-order valence-corrected chi connectivity index (χ2v) is 8.95. The molecule has 192 valence electrons. The fourth-order valence-electron chi connectivity index (χ4n) is 4.21. The van der Waals surface area contributed by atoms with Crippen molar-refractivity contribution in [2.75, 3.05) is 23.8 Å². The quantitative estimate of drug-likeness (QED) is 0.322. The molecule has 1 aliphatic carbocycles. The van der Waals surface area contributed by atoms with Gasteiger partial charge in [-0.15, -0.1) is 0 Å². The van der Waals surface area contributed by atoms with E-state index in [1.807, 2.05) is 0 Å². The Morgan fingerprint density at radius 1 is 0.895 bits per heavy atom. The molecular weight excluding hydrogens is 495 g/mol. The largest absolute Gasteiger partial charge is 0.504 e. The van der Waals surface area contributed by atoms with E-state index >= 15 is 0 Å². The van der Waals surface area contributed by atoms with E-state index in [0.717, 1.165) is 0 Å². The Hall–Kier alpha value is -4.93. The zero-order valence-corrected chi connectivity index (χ0v) is 19.9. The van der Waals surface area contributed by atoms with Gasteiger partial charge in [-0.3, -0.25) is 9.59 Å². The van der Waals surface area contributed by atoms with Crippen LogP contribution in [-0.2, 0) is 9.59 Å². The van der Waals surface area contributed by atoms with Crippen molar-refractivity contribution in [2.45, 2.75) is 12.8 Å². The van der Waals surface area contributed by atoms with Gasteiger partial charge in [0.05, 0.1) is 5.52 Å². The Kier molecular flexibility index (Phi) is 5.67. The van der Waals surface area contributed by atoms with Crippen LogP contribution < -0.4 is 24.8 Å². The number of nitrogens with one attached hydrogen (secondary N) is 2. The highest BCUT2D eigenvalue weighted by molar-refractivity contribution is 6.16. The minimum Gasteiger partial charge on any atom is -0.504 e. The number of fused-ring (bicyclic) bond motifs is 3. The Morgan fingerprint density at radius 3 is 2.13 bits per heavy atom. The summed E-state index contributed by atoms with van der Waals surface area (Å²) >= 11 is 0. The summed E-state index contributed by atoms with van der Waals surface area (Å²) in [5.41, 5.74) is 0.155. The molecule has 0 saturated heterocycles. The molecule has 1 aliphatic heterocycles. The van der Waals surface area contributed by atoms with Crippen LogP contribution in [0.5, 0.6) is 28.9 Å². The normalized spacial score (nSPS) is 15.0. The number of rotatable bonds is 6. The summed E-state index contributed by atoms with van der Waals surface area (Å²) in [6.45, 7) is 0.607. The highest BCUT2D eigenvalue weighted by Crippen LogP contribution is 2.48. The van der Waals surface area contributed by atoms with Crippen molar-refractivity contribution in [2.24, 2.45) is 5.41 Å². The van der Waals surface area contributed by atoms with E-state index in [-0.39, 0.29) is 17.4 Å². The van der Waals surface area contributed by atoms with Gasteiger partial charge in [0.25, 0.3) is 0 Å². The van der Waals surface area contributed by atoms with E-state index in [9.17, 15) is 19.1 Å². The van der Waals surface area contributed by atoms with Gasteiger partial charge in [0.15, 0.2) is 11.5 Å². The number of phenolic OH excluding ortho intramolecular Hbond substituents is 1. The molecule has 3 aromatic carbocycles. The molecule has 0 spiro atoms. The van der Waals surface area contributed by atoms with Gasteiger partial charge in [-0.05, 0) is 61.4 Å². The monoisotopic (exact) mass is 516 g/mol. The maximum atomic E-state index is 13.1. The number of phenols is 1. The van der Waals surface area contributed by atoms with Gasteiger partial charge in [0.2, 0.25) is 23.4 Å². The SMILES string of the molecule is O=C(Nc1ccc(F)cc1)C1(C(=O)Nc2ccc(Oc3ncnc4cc(O)c5c(c34)OCCO5)cc2)CC1. The number of anilines is 2. The van der Waals surface area contributed by atoms with Crippen molar-refractivity contribution in [1.82, 2.24) is 9.97 Å². The Labute approximate surface area is 215 Å². The van der Waals surface area contributed by atoms with Crippen molar-refractivity contribution in [3.63, 3.8) is 0 Å². The van der Waals surface area contributed by atoms with Crippen molar-refractivity contribution in [1.29, 1.82) is 0 Å². The lowest BCUT2D eigenvalue weighted by Crippen LogP contribution is -2.35. The maximum Gasteiger partial charge on any atom is 0.240 e. The number of nitrogens with zero attached hydrogens (tertiary/aromatic N) is 2. The summed E-state index contributed by atoms with van der Waals surface area (Å²) in [5, 5.41) is 16.2. The van der Waals surface area contributed by atoms with Crippen LogP contribution in [-0.4, -0.2) is 40.1 Å². The first-order chi connectivity index (χ1) is 18.4. The van der Waals surface area contributed by atoms with E-state index in [1.54, 1.807) is 24.3 Å². The molecule has 1 fully saturated rings. The molecule has 3 N–H and O–H groups in total. The highest BCUT2D eigenvalue weighted by Gasteiger charge is 2.56. The number of aromatic hydroxyl groups is 1. The summed E-state index contributed by atoms with van der Waals surface area (Å²) in [6.07, 6.45) is 2.15. The third kappa shape index (κ3) is 4.27. The van der Waals surface area contributed by atoms with Crippen LogP contribution in [0.3, 0.4) is 0 Å². The minimum absolute atomic E-state index is 0.0864.